The fraction of sp³-hybridized carbons (Fsp3) is 0.250. The van der Waals surface area contributed by atoms with Crippen LogP contribution >= 0.6 is 0 Å². The normalized spacial score (nSPS) is 11.4. The Kier molecular flexibility index (Phi) is 4.72. The highest BCUT2D eigenvalue weighted by Crippen LogP contribution is 2.19. The van der Waals surface area contributed by atoms with Gasteiger partial charge in [-0.2, -0.15) is 18.2 Å². The Labute approximate surface area is 117 Å². The number of rotatable bonds is 7. The standard InChI is InChI=1S/C12H16N4O3S/c1-19-9-8-14-20(17,18)16-11-4-2-10(3-5-11)12-6-7-13-15-12/h2-7,14,16H,8-9H2,1H3,(H,13,15). The number of aromatic amines is 1. The summed E-state index contributed by atoms with van der Waals surface area (Å²) in [5, 5.41) is 6.70. The first-order valence-corrected chi connectivity index (χ1v) is 7.45. The molecule has 0 fully saturated rings. The summed E-state index contributed by atoms with van der Waals surface area (Å²) in [6.07, 6.45) is 1.66. The molecular weight excluding hydrogens is 280 g/mol. The summed E-state index contributed by atoms with van der Waals surface area (Å²) in [4.78, 5) is 0. The van der Waals surface area contributed by atoms with Gasteiger partial charge in [-0.25, -0.2) is 0 Å². The van der Waals surface area contributed by atoms with Crippen LogP contribution in [0.1, 0.15) is 0 Å². The average Bonchev–Trinajstić information content (AvgIpc) is 2.93. The minimum Gasteiger partial charge on any atom is -0.383 e. The first-order valence-electron chi connectivity index (χ1n) is 5.97. The van der Waals surface area contributed by atoms with Crippen molar-refractivity contribution in [1.29, 1.82) is 0 Å². The van der Waals surface area contributed by atoms with Crippen LogP contribution in [0.4, 0.5) is 5.69 Å². The van der Waals surface area contributed by atoms with Crippen molar-refractivity contribution >= 4 is 15.9 Å². The molecule has 1 aromatic carbocycles. The maximum atomic E-state index is 11.7. The molecule has 20 heavy (non-hydrogen) atoms. The van der Waals surface area contributed by atoms with E-state index in [0.717, 1.165) is 11.3 Å². The molecule has 8 heteroatoms. The number of hydrogen-bond acceptors (Lipinski definition) is 4. The summed E-state index contributed by atoms with van der Waals surface area (Å²) < 4.78 is 33.0. The number of ether oxygens (including phenoxy) is 1. The summed E-state index contributed by atoms with van der Waals surface area (Å²) in [5.74, 6) is 0. The second kappa shape index (κ2) is 6.51. The molecule has 2 rings (SSSR count). The van der Waals surface area contributed by atoms with E-state index in [4.69, 9.17) is 4.74 Å². The molecule has 0 bridgehead atoms. The van der Waals surface area contributed by atoms with Crippen LogP contribution < -0.4 is 9.44 Å². The molecule has 0 aliphatic heterocycles. The zero-order chi connectivity index (χ0) is 14.4. The maximum absolute atomic E-state index is 11.7. The third-order valence-corrected chi connectivity index (χ3v) is 3.64. The highest BCUT2D eigenvalue weighted by Gasteiger charge is 2.08. The molecule has 0 amide bonds. The molecule has 1 aromatic heterocycles. The van der Waals surface area contributed by atoms with E-state index in [2.05, 4.69) is 19.6 Å². The Morgan fingerprint density at radius 1 is 1.25 bits per heavy atom. The summed E-state index contributed by atoms with van der Waals surface area (Å²) in [6.45, 7) is 0.539. The van der Waals surface area contributed by atoms with Crippen molar-refractivity contribution in [3.63, 3.8) is 0 Å². The number of nitrogens with one attached hydrogen (secondary N) is 3. The lowest BCUT2D eigenvalue weighted by Crippen LogP contribution is -2.32. The third kappa shape index (κ3) is 4.05. The van der Waals surface area contributed by atoms with Crippen LogP contribution in [-0.2, 0) is 14.9 Å². The number of benzene rings is 1. The van der Waals surface area contributed by atoms with Crippen molar-refractivity contribution < 1.29 is 13.2 Å². The van der Waals surface area contributed by atoms with E-state index in [1.54, 1.807) is 30.5 Å². The number of hydrogen-bond donors (Lipinski definition) is 3. The first-order chi connectivity index (χ1) is 9.61. The van der Waals surface area contributed by atoms with Crippen LogP contribution in [0.2, 0.25) is 0 Å². The van der Waals surface area contributed by atoms with Crippen molar-refractivity contribution in [3.05, 3.63) is 36.5 Å². The number of nitrogens with zero attached hydrogens (tertiary/aromatic N) is 1. The van der Waals surface area contributed by atoms with Gasteiger partial charge in [0.15, 0.2) is 0 Å². The van der Waals surface area contributed by atoms with Gasteiger partial charge in [-0.05, 0) is 23.8 Å². The van der Waals surface area contributed by atoms with E-state index in [1.807, 2.05) is 6.07 Å². The number of H-pyrrole nitrogens is 1. The minimum absolute atomic E-state index is 0.220. The highest BCUT2D eigenvalue weighted by molar-refractivity contribution is 7.90. The average molecular weight is 296 g/mol. The van der Waals surface area contributed by atoms with Crippen LogP contribution in [0.15, 0.2) is 36.5 Å². The van der Waals surface area contributed by atoms with Gasteiger partial charge in [-0.3, -0.25) is 9.82 Å². The molecule has 0 aliphatic carbocycles. The maximum Gasteiger partial charge on any atom is 0.299 e. The van der Waals surface area contributed by atoms with Gasteiger partial charge in [0.25, 0.3) is 10.2 Å². The van der Waals surface area contributed by atoms with Crippen LogP contribution in [0, 0.1) is 0 Å². The SMILES string of the molecule is COCCNS(=O)(=O)Nc1ccc(-c2ccn[nH]2)cc1. The van der Waals surface area contributed by atoms with Crippen LogP contribution in [0.25, 0.3) is 11.3 Å². The second-order valence-electron chi connectivity index (χ2n) is 4.04. The summed E-state index contributed by atoms with van der Waals surface area (Å²) in [5.41, 5.74) is 2.29. The summed E-state index contributed by atoms with van der Waals surface area (Å²) in [6, 6.07) is 8.82. The zero-order valence-electron chi connectivity index (χ0n) is 11.0. The summed E-state index contributed by atoms with van der Waals surface area (Å²) >= 11 is 0. The highest BCUT2D eigenvalue weighted by atomic mass is 32.2. The molecular formula is C12H16N4O3S. The molecule has 3 N–H and O–H groups in total. The molecule has 0 saturated heterocycles. The smallest absolute Gasteiger partial charge is 0.299 e. The van der Waals surface area contributed by atoms with E-state index in [-0.39, 0.29) is 6.54 Å². The first kappa shape index (κ1) is 14.5. The minimum atomic E-state index is -3.57. The molecule has 2 aromatic rings. The Hall–Kier alpha value is -1.90. The van der Waals surface area contributed by atoms with Gasteiger partial charge >= 0.3 is 0 Å². The van der Waals surface area contributed by atoms with Crippen molar-refractivity contribution in [2.24, 2.45) is 0 Å². The van der Waals surface area contributed by atoms with Gasteiger partial charge in [0.2, 0.25) is 0 Å². The lowest BCUT2D eigenvalue weighted by Gasteiger charge is -2.09. The van der Waals surface area contributed by atoms with E-state index >= 15 is 0 Å². The van der Waals surface area contributed by atoms with Crippen molar-refractivity contribution in [3.8, 4) is 11.3 Å². The van der Waals surface area contributed by atoms with Gasteiger partial charge in [-0.15, -0.1) is 0 Å². The lowest BCUT2D eigenvalue weighted by molar-refractivity contribution is 0.204. The Balaban J connectivity index is 2.00. The Bertz CT molecular complexity index is 623. The van der Waals surface area contributed by atoms with Crippen LogP contribution in [0.5, 0.6) is 0 Å². The molecule has 0 saturated carbocycles. The summed E-state index contributed by atoms with van der Waals surface area (Å²) in [7, 11) is -2.06. The number of anilines is 1. The predicted molar refractivity (Wildman–Crippen MR) is 76.4 cm³/mol. The number of methoxy groups -OCH3 is 1. The quantitative estimate of drug-likeness (QED) is 0.663. The molecule has 0 unspecified atom stereocenters. The van der Waals surface area contributed by atoms with Crippen molar-refractivity contribution in [2.75, 3.05) is 25.0 Å². The topological polar surface area (TPSA) is 96.1 Å². The second-order valence-corrected chi connectivity index (χ2v) is 5.54. The fourth-order valence-electron chi connectivity index (χ4n) is 1.60. The van der Waals surface area contributed by atoms with Crippen molar-refractivity contribution in [2.45, 2.75) is 0 Å². The Morgan fingerprint density at radius 3 is 2.60 bits per heavy atom. The molecule has 1 heterocycles. The van der Waals surface area contributed by atoms with Gasteiger partial charge in [0.05, 0.1) is 12.3 Å². The van der Waals surface area contributed by atoms with E-state index < -0.39 is 10.2 Å². The van der Waals surface area contributed by atoms with E-state index in [9.17, 15) is 8.42 Å². The molecule has 0 radical (unpaired) electrons. The lowest BCUT2D eigenvalue weighted by atomic mass is 10.1. The monoisotopic (exact) mass is 296 g/mol. The Morgan fingerprint density at radius 2 is 2.00 bits per heavy atom. The molecule has 7 nitrogen and oxygen atoms in total. The zero-order valence-corrected chi connectivity index (χ0v) is 11.8. The van der Waals surface area contributed by atoms with Crippen LogP contribution in [0.3, 0.4) is 0 Å². The van der Waals surface area contributed by atoms with Crippen LogP contribution in [-0.4, -0.2) is 38.9 Å². The predicted octanol–water partition coefficient (Wildman–Crippen LogP) is 0.969. The fourth-order valence-corrected chi connectivity index (χ4v) is 2.47. The molecule has 0 atom stereocenters. The molecule has 0 spiro atoms. The van der Waals surface area contributed by atoms with Gasteiger partial charge in [0, 0.05) is 25.5 Å². The van der Waals surface area contributed by atoms with Gasteiger partial charge in [-0.1, -0.05) is 12.1 Å². The third-order valence-electron chi connectivity index (χ3n) is 2.55. The van der Waals surface area contributed by atoms with Crippen molar-refractivity contribution in [1.82, 2.24) is 14.9 Å². The molecule has 108 valence electrons. The van der Waals surface area contributed by atoms with Gasteiger partial charge < -0.3 is 4.74 Å². The van der Waals surface area contributed by atoms with E-state index in [0.29, 0.717) is 12.3 Å². The number of aromatic nitrogens is 2. The molecule has 0 aliphatic rings. The van der Waals surface area contributed by atoms with E-state index in [1.165, 1.54) is 7.11 Å². The largest absolute Gasteiger partial charge is 0.383 e. The van der Waals surface area contributed by atoms with Gasteiger partial charge in [0.1, 0.15) is 0 Å².